The number of rotatable bonds is 9. The van der Waals surface area contributed by atoms with Gasteiger partial charge in [0.2, 0.25) is 5.95 Å². The zero-order valence-corrected chi connectivity index (χ0v) is 26.8. The van der Waals surface area contributed by atoms with E-state index in [0.717, 1.165) is 36.6 Å². The Balaban J connectivity index is 0.000000261. The molecule has 0 saturated heterocycles. The van der Waals surface area contributed by atoms with Crippen molar-refractivity contribution in [3.05, 3.63) is 69.5 Å². The molecule has 2 amide bonds. The van der Waals surface area contributed by atoms with E-state index in [4.69, 9.17) is 9.84 Å². The summed E-state index contributed by atoms with van der Waals surface area (Å²) in [5.41, 5.74) is -1.64. The van der Waals surface area contributed by atoms with Gasteiger partial charge in [0.1, 0.15) is 16.6 Å². The molecule has 0 radical (unpaired) electrons. The third-order valence-corrected chi connectivity index (χ3v) is 8.88. The number of carbonyl (C=O) groups is 5. The Labute approximate surface area is 271 Å². The third kappa shape index (κ3) is 8.97. The molecule has 2 aromatic carbocycles. The number of aromatic carboxylic acids is 1. The zero-order chi connectivity index (χ0) is 36.0. The number of nitro benzene ring substituents is 1. The molecule has 0 aliphatic heterocycles. The van der Waals surface area contributed by atoms with Gasteiger partial charge in [-0.15, -0.1) is 0 Å². The quantitative estimate of drug-likeness (QED) is 0.123. The molecular weight excluding hydrogens is 680 g/mol. The van der Waals surface area contributed by atoms with Gasteiger partial charge in [0.25, 0.3) is 15.7 Å². The number of nitro groups is 1. The second-order valence-corrected chi connectivity index (χ2v) is 13.5. The summed E-state index contributed by atoms with van der Waals surface area (Å²) in [7, 11) is -6.81. The van der Waals surface area contributed by atoms with Crippen molar-refractivity contribution in [2.45, 2.75) is 36.0 Å². The number of hydrogen-bond acceptors (Lipinski definition) is 15. The largest absolute Gasteiger partial charge is 0.478 e. The number of nitrogens with one attached hydrogen (secondary N) is 2. The standard InChI is InChI=1S/C14H13NO7S.C13H13N5O6S/c1-23(21,22)8-5-6-9(10(7-8)15(19)20)14(18)13-11(16)3-2-4-12(13)17;1-7-14-11(17-13(15-7)24-2)16-12(21)18-25(22,23)9-6-4-3-5-8(9)10(19)20/h5-7,13H,2-4H2,1H3;3-6H,1-2H3,(H,19,20)(H2,14,15,16,17,18,21). The highest BCUT2D eigenvalue weighted by atomic mass is 32.2. The van der Waals surface area contributed by atoms with E-state index >= 15 is 0 Å². The molecule has 1 heterocycles. The molecule has 254 valence electrons. The minimum Gasteiger partial charge on any atom is -0.478 e. The van der Waals surface area contributed by atoms with Crippen molar-refractivity contribution < 1.29 is 55.6 Å². The number of urea groups is 1. The number of sulfonamides is 1. The van der Waals surface area contributed by atoms with E-state index in [2.05, 4.69) is 20.3 Å². The van der Waals surface area contributed by atoms with Crippen molar-refractivity contribution in [1.29, 1.82) is 0 Å². The zero-order valence-electron chi connectivity index (χ0n) is 25.2. The van der Waals surface area contributed by atoms with Crippen LogP contribution < -0.4 is 14.8 Å². The highest BCUT2D eigenvalue weighted by molar-refractivity contribution is 7.90. The first-order chi connectivity index (χ1) is 22.3. The minimum absolute atomic E-state index is 0.0668. The molecule has 4 rings (SSSR count). The number of ether oxygens (including phenoxy) is 1. The molecule has 0 spiro atoms. The summed E-state index contributed by atoms with van der Waals surface area (Å²) in [5.74, 6) is -5.05. The van der Waals surface area contributed by atoms with Gasteiger partial charge in [-0.05, 0) is 37.6 Å². The Morgan fingerprint density at radius 1 is 0.979 bits per heavy atom. The number of sulfone groups is 1. The van der Waals surface area contributed by atoms with E-state index in [1.165, 1.54) is 26.2 Å². The molecule has 48 heavy (non-hydrogen) atoms. The molecular formula is C27H26N6O13S2. The maximum atomic E-state index is 12.4. The Hall–Kier alpha value is -5.70. The summed E-state index contributed by atoms with van der Waals surface area (Å²) in [6.07, 6.45) is 1.37. The first-order valence-corrected chi connectivity index (χ1v) is 16.7. The van der Waals surface area contributed by atoms with Crippen LogP contribution in [0.15, 0.2) is 52.3 Å². The SMILES string of the molecule is COc1nc(C)nc(NC(=O)NS(=O)(=O)c2ccccc2C(=O)O)n1.CS(=O)(=O)c1ccc(C(=O)C2C(=O)CCCC2=O)c([N+](=O)[O-])c1. The van der Waals surface area contributed by atoms with Crippen molar-refractivity contribution in [2.75, 3.05) is 18.7 Å². The fraction of sp³-hybridized carbons (Fsp3) is 0.259. The number of methoxy groups -OCH3 is 1. The normalized spacial score (nSPS) is 13.5. The lowest BCUT2D eigenvalue weighted by atomic mass is 9.81. The van der Waals surface area contributed by atoms with Crippen LogP contribution in [0.25, 0.3) is 0 Å². The van der Waals surface area contributed by atoms with E-state index in [-0.39, 0.29) is 35.5 Å². The van der Waals surface area contributed by atoms with Crippen molar-refractivity contribution in [1.82, 2.24) is 19.7 Å². The maximum Gasteiger partial charge on any atom is 0.337 e. The number of anilines is 1. The fourth-order valence-corrected chi connectivity index (χ4v) is 5.99. The van der Waals surface area contributed by atoms with Crippen LogP contribution in [-0.2, 0) is 29.4 Å². The topological polar surface area (TPSA) is 289 Å². The number of hydrogen-bond donors (Lipinski definition) is 3. The number of Topliss-reactive ketones (excluding diaryl/α,β-unsaturated/α-hetero) is 3. The summed E-state index contributed by atoms with van der Waals surface area (Å²) in [5, 5.41) is 22.3. The van der Waals surface area contributed by atoms with Crippen LogP contribution in [-0.4, -0.2) is 84.5 Å². The highest BCUT2D eigenvalue weighted by Crippen LogP contribution is 2.29. The van der Waals surface area contributed by atoms with Gasteiger partial charge < -0.3 is 9.84 Å². The average molecular weight is 707 g/mol. The van der Waals surface area contributed by atoms with Crippen molar-refractivity contribution in [3.63, 3.8) is 0 Å². The number of nitrogens with zero attached hydrogens (tertiary/aromatic N) is 4. The van der Waals surface area contributed by atoms with Crippen molar-refractivity contribution >= 4 is 60.8 Å². The number of carboxylic acids is 1. The second-order valence-electron chi connectivity index (χ2n) is 9.85. The van der Waals surface area contributed by atoms with Crippen LogP contribution in [0.1, 0.15) is 45.8 Å². The predicted molar refractivity (Wildman–Crippen MR) is 162 cm³/mol. The van der Waals surface area contributed by atoms with Crippen LogP contribution in [0, 0.1) is 23.0 Å². The molecule has 1 saturated carbocycles. The molecule has 1 aliphatic rings. The number of aryl methyl sites for hydroxylation is 1. The first-order valence-electron chi connectivity index (χ1n) is 13.4. The van der Waals surface area contributed by atoms with E-state index < -0.39 is 81.8 Å². The van der Waals surface area contributed by atoms with E-state index in [0.29, 0.717) is 6.42 Å². The molecule has 3 N–H and O–H groups in total. The number of amides is 2. The number of aromatic nitrogens is 3. The Morgan fingerprint density at radius 2 is 1.60 bits per heavy atom. The van der Waals surface area contributed by atoms with Crippen LogP contribution in [0.3, 0.4) is 0 Å². The van der Waals surface area contributed by atoms with Gasteiger partial charge in [0, 0.05) is 25.2 Å². The predicted octanol–water partition coefficient (Wildman–Crippen LogP) is 1.52. The molecule has 0 atom stereocenters. The van der Waals surface area contributed by atoms with Gasteiger partial charge in [-0.3, -0.25) is 29.8 Å². The molecule has 1 fully saturated rings. The van der Waals surface area contributed by atoms with Gasteiger partial charge in [-0.1, -0.05) is 12.1 Å². The van der Waals surface area contributed by atoms with Crippen LogP contribution in [0.2, 0.25) is 0 Å². The Morgan fingerprint density at radius 3 is 2.17 bits per heavy atom. The summed E-state index contributed by atoms with van der Waals surface area (Å²) in [4.78, 5) is 79.8. The molecule has 0 unspecified atom stereocenters. The van der Waals surface area contributed by atoms with Gasteiger partial charge >= 0.3 is 18.0 Å². The van der Waals surface area contributed by atoms with Gasteiger partial charge in [-0.2, -0.15) is 15.0 Å². The number of carbonyl (C=O) groups excluding carboxylic acids is 4. The second kappa shape index (κ2) is 14.8. The lowest BCUT2D eigenvalue weighted by molar-refractivity contribution is -0.385. The summed E-state index contributed by atoms with van der Waals surface area (Å²) in [6, 6.07) is 6.42. The number of benzene rings is 2. The molecule has 19 nitrogen and oxygen atoms in total. The molecule has 1 aromatic heterocycles. The van der Waals surface area contributed by atoms with Crippen LogP contribution >= 0.6 is 0 Å². The van der Waals surface area contributed by atoms with Crippen molar-refractivity contribution in [3.8, 4) is 6.01 Å². The average Bonchev–Trinajstić information content (AvgIpc) is 2.99. The van der Waals surface area contributed by atoms with Crippen LogP contribution in [0.5, 0.6) is 6.01 Å². The molecule has 1 aliphatic carbocycles. The van der Waals surface area contributed by atoms with Gasteiger partial charge in [0.05, 0.1) is 28.1 Å². The molecule has 0 bridgehead atoms. The van der Waals surface area contributed by atoms with E-state index in [9.17, 15) is 50.9 Å². The minimum atomic E-state index is -4.43. The lowest BCUT2D eigenvalue weighted by Crippen LogP contribution is -2.35. The maximum absolute atomic E-state index is 12.4. The van der Waals surface area contributed by atoms with Crippen LogP contribution in [0.4, 0.5) is 16.4 Å². The Bertz CT molecular complexity index is 2030. The Kier molecular flexibility index (Phi) is 11.3. The summed E-state index contributed by atoms with van der Waals surface area (Å²) in [6.45, 7) is 1.52. The summed E-state index contributed by atoms with van der Waals surface area (Å²) >= 11 is 0. The fourth-order valence-electron chi connectivity index (χ4n) is 4.24. The lowest BCUT2D eigenvalue weighted by Gasteiger charge is -2.18. The van der Waals surface area contributed by atoms with E-state index in [1.54, 1.807) is 4.72 Å². The number of carboxylic acid groups (broad SMARTS) is 1. The third-order valence-electron chi connectivity index (χ3n) is 6.38. The number of ketones is 3. The monoisotopic (exact) mass is 706 g/mol. The van der Waals surface area contributed by atoms with Gasteiger partial charge in [-0.25, -0.2) is 31.1 Å². The highest BCUT2D eigenvalue weighted by Gasteiger charge is 2.39. The molecule has 3 aromatic rings. The smallest absolute Gasteiger partial charge is 0.337 e. The van der Waals surface area contributed by atoms with Crippen molar-refractivity contribution in [2.24, 2.45) is 5.92 Å². The molecule has 21 heteroatoms. The van der Waals surface area contributed by atoms with E-state index in [1.807, 2.05) is 0 Å². The van der Waals surface area contributed by atoms with Gasteiger partial charge in [0.15, 0.2) is 27.2 Å². The summed E-state index contributed by atoms with van der Waals surface area (Å²) < 4.78 is 53.9. The first kappa shape index (κ1) is 36.8.